The van der Waals surface area contributed by atoms with E-state index >= 15 is 0 Å². The number of carbonyl (C=O) groups is 1. The summed E-state index contributed by atoms with van der Waals surface area (Å²) in [5.74, 6) is -0.914. The normalized spacial score (nSPS) is 12.7. The molecule has 0 fully saturated rings. The van der Waals surface area contributed by atoms with Crippen LogP contribution in [-0.4, -0.2) is 17.0 Å². The summed E-state index contributed by atoms with van der Waals surface area (Å²) in [6.07, 6.45) is -4.83. The van der Waals surface area contributed by atoms with Gasteiger partial charge in [0.2, 0.25) is 0 Å². The molecule has 0 spiro atoms. The van der Waals surface area contributed by atoms with E-state index in [0.29, 0.717) is 0 Å². The molecule has 0 aromatic heterocycles. The molecule has 0 saturated heterocycles. The number of rotatable bonds is 3. The van der Waals surface area contributed by atoms with Gasteiger partial charge in [0.25, 0.3) is 0 Å². The highest BCUT2D eigenvalue weighted by atomic mass is 79.9. The maximum Gasteiger partial charge on any atom is 0.573 e. The van der Waals surface area contributed by atoms with Crippen LogP contribution >= 0.6 is 15.9 Å². The molecular weight excluding hydrogens is 315 g/mol. The first-order chi connectivity index (χ1) is 8.24. The summed E-state index contributed by atoms with van der Waals surface area (Å²) < 4.78 is 39.6. The van der Waals surface area contributed by atoms with Crippen molar-refractivity contribution in [2.45, 2.75) is 18.1 Å². The van der Waals surface area contributed by atoms with Crippen LogP contribution in [0.25, 0.3) is 0 Å². The maximum absolute atomic E-state index is 12.0. The zero-order valence-electron chi connectivity index (χ0n) is 9.08. The predicted octanol–water partition coefficient (Wildman–Crippen LogP) is 3.42. The number of halogens is 4. The number of carbonyl (C=O) groups excluding carboxylic acids is 1. The molecule has 1 atom stereocenters. The van der Waals surface area contributed by atoms with Crippen molar-refractivity contribution in [3.8, 4) is 11.8 Å². The van der Waals surface area contributed by atoms with Gasteiger partial charge >= 0.3 is 6.36 Å². The van der Waals surface area contributed by atoms with Crippen LogP contribution in [0.1, 0.15) is 22.8 Å². The molecule has 0 aliphatic carbocycles. The second-order valence-corrected chi connectivity index (χ2v) is 4.72. The van der Waals surface area contributed by atoms with Crippen LogP contribution in [0.15, 0.2) is 18.2 Å². The van der Waals surface area contributed by atoms with Crippen molar-refractivity contribution in [3.63, 3.8) is 0 Å². The van der Waals surface area contributed by atoms with E-state index in [-0.39, 0.29) is 16.9 Å². The van der Waals surface area contributed by atoms with Gasteiger partial charge in [-0.05, 0) is 25.1 Å². The van der Waals surface area contributed by atoms with Gasteiger partial charge in [-0.2, -0.15) is 5.26 Å². The molecular formula is C11H7BrF3NO2. The number of nitrogens with zero attached hydrogens (tertiary/aromatic N) is 1. The lowest BCUT2D eigenvalue weighted by Gasteiger charge is -2.10. The Morgan fingerprint density at radius 2 is 2.11 bits per heavy atom. The third kappa shape index (κ3) is 3.74. The molecule has 0 aliphatic heterocycles. The fourth-order valence-electron chi connectivity index (χ4n) is 1.24. The number of hydrogen-bond acceptors (Lipinski definition) is 3. The van der Waals surface area contributed by atoms with Crippen molar-refractivity contribution < 1.29 is 22.7 Å². The van der Waals surface area contributed by atoms with Gasteiger partial charge in [-0.25, -0.2) is 0 Å². The van der Waals surface area contributed by atoms with Crippen LogP contribution in [0, 0.1) is 11.3 Å². The van der Waals surface area contributed by atoms with Gasteiger partial charge in [0.15, 0.2) is 5.78 Å². The van der Waals surface area contributed by atoms with E-state index in [0.717, 1.165) is 18.2 Å². The van der Waals surface area contributed by atoms with E-state index in [1.54, 1.807) is 13.0 Å². The second kappa shape index (κ2) is 5.40. The number of alkyl halides is 4. The summed E-state index contributed by atoms with van der Waals surface area (Å²) >= 11 is 3.04. The highest BCUT2D eigenvalue weighted by Gasteiger charge is 2.31. The molecule has 0 bridgehead atoms. The first-order valence-electron chi connectivity index (χ1n) is 4.73. The zero-order valence-corrected chi connectivity index (χ0v) is 10.7. The summed E-state index contributed by atoms with van der Waals surface area (Å²) in [5.41, 5.74) is -0.107. The first-order valence-corrected chi connectivity index (χ1v) is 5.64. The molecule has 1 aromatic rings. The molecule has 7 heteroatoms. The third-order valence-electron chi connectivity index (χ3n) is 1.97. The molecule has 96 valence electrons. The summed E-state index contributed by atoms with van der Waals surface area (Å²) in [6.45, 7) is 1.56. The fraction of sp³-hybridized carbons (Fsp3) is 0.273. The van der Waals surface area contributed by atoms with Gasteiger partial charge in [0.05, 0.1) is 10.4 Å². The number of nitriles is 1. The lowest BCUT2D eigenvalue weighted by molar-refractivity contribution is -0.274. The first kappa shape index (κ1) is 14.5. The Kier molecular flexibility index (Phi) is 4.35. The molecule has 0 amide bonds. The van der Waals surface area contributed by atoms with Crippen molar-refractivity contribution in [2.24, 2.45) is 0 Å². The van der Waals surface area contributed by atoms with Crippen LogP contribution in [-0.2, 0) is 0 Å². The number of ether oxygens (including phenoxy) is 1. The van der Waals surface area contributed by atoms with E-state index in [1.165, 1.54) is 0 Å². The third-order valence-corrected chi connectivity index (χ3v) is 2.39. The monoisotopic (exact) mass is 321 g/mol. The molecule has 1 aromatic carbocycles. The number of Topliss-reactive ketones (excluding diaryl/α,β-unsaturated/α-hetero) is 1. The SMILES string of the molecule is CC(Br)C(=O)c1ccc(OC(F)(F)F)cc1C#N. The molecule has 0 heterocycles. The lowest BCUT2D eigenvalue weighted by Crippen LogP contribution is -2.18. The Balaban J connectivity index is 3.13. The maximum atomic E-state index is 12.0. The Labute approximate surface area is 109 Å². The van der Waals surface area contributed by atoms with E-state index in [2.05, 4.69) is 20.7 Å². The minimum atomic E-state index is -4.83. The molecule has 3 nitrogen and oxygen atoms in total. The van der Waals surface area contributed by atoms with Crippen LogP contribution in [0.4, 0.5) is 13.2 Å². The summed E-state index contributed by atoms with van der Waals surface area (Å²) in [5, 5.41) is 8.82. The van der Waals surface area contributed by atoms with E-state index < -0.39 is 16.9 Å². The van der Waals surface area contributed by atoms with E-state index in [1.807, 2.05) is 0 Å². The summed E-state index contributed by atoms with van der Waals surface area (Å²) in [6, 6.07) is 4.69. The van der Waals surface area contributed by atoms with Crippen LogP contribution in [0.2, 0.25) is 0 Å². The highest BCUT2D eigenvalue weighted by Crippen LogP contribution is 2.25. The Bertz CT molecular complexity index is 506. The summed E-state index contributed by atoms with van der Waals surface area (Å²) in [4.78, 5) is 11.1. The average molecular weight is 322 g/mol. The lowest BCUT2D eigenvalue weighted by atomic mass is 10.0. The standard InChI is InChI=1S/C11H7BrF3NO2/c1-6(12)10(17)9-3-2-8(4-7(9)5-16)18-11(13,14)15/h2-4,6H,1H3. The Morgan fingerprint density at radius 3 is 2.56 bits per heavy atom. The summed E-state index contributed by atoms with van der Waals surface area (Å²) in [7, 11) is 0. The smallest absolute Gasteiger partial charge is 0.406 e. The highest BCUT2D eigenvalue weighted by molar-refractivity contribution is 9.10. The quantitative estimate of drug-likeness (QED) is 0.633. The second-order valence-electron chi connectivity index (χ2n) is 3.35. The molecule has 0 N–H and O–H groups in total. The van der Waals surface area contributed by atoms with Gasteiger partial charge in [0, 0.05) is 5.56 Å². The number of ketones is 1. The molecule has 0 aliphatic rings. The largest absolute Gasteiger partial charge is 0.573 e. The topological polar surface area (TPSA) is 50.1 Å². The van der Waals surface area contributed by atoms with Crippen molar-refractivity contribution in [3.05, 3.63) is 29.3 Å². The van der Waals surface area contributed by atoms with Crippen LogP contribution in [0.3, 0.4) is 0 Å². The van der Waals surface area contributed by atoms with Crippen molar-refractivity contribution in [2.75, 3.05) is 0 Å². The van der Waals surface area contributed by atoms with Crippen molar-refractivity contribution in [1.82, 2.24) is 0 Å². The van der Waals surface area contributed by atoms with Crippen LogP contribution in [0.5, 0.6) is 5.75 Å². The molecule has 0 radical (unpaired) electrons. The molecule has 1 unspecified atom stereocenters. The molecule has 1 rings (SSSR count). The Hall–Kier alpha value is -1.55. The van der Waals surface area contributed by atoms with Gasteiger partial charge in [-0.15, -0.1) is 13.2 Å². The van der Waals surface area contributed by atoms with Crippen molar-refractivity contribution >= 4 is 21.7 Å². The zero-order chi connectivity index (χ0) is 13.9. The van der Waals surface area contributed by atoms with Crippen molar-refractivity contribution in [1.29, 1.82) is 5.26 Å². The van der Waals surface area contributed by atoms with Gasteiger partial charge in [-0.1, -0.05) is 15.9 Å². The van der Waals surface area contributed by atoms with E-state index in [4.69, 9.17) is 5.26 Å². The fourth-order valence-corrected chi connectivity index (χ4v) is 1.49. The molecule has 0 saturated carbocycles. The van der Waals surface area contributed by atoms with E-state index in [9.17, 15) is 18.0 Å². The molecule has 18 heavy (non-hydrogen) atoms. The van der Waals surface area contributed by atoms with Gasteiger partial charge in [0.1, 0.15) is 11.8 Å². The minimum Gasteiger partial charge on any atom is -0.406 e. The Morgan fingerprint density at radius 1 is 1.50 bits per heavy atom. The minimum absolute atomic E-state index is 0.0522. The van der Waals surface area contributed by atoms with Crippen LogP contribution < -0.4 is 4.74 Å². The van der Waals surface area contributed by atoms with Gasteiger partial charge < -0.3 is 4.74 Å². The average Bonchev–Trinajstić information content (AvgIpc) is 2.25. The number of hydrogen-bond donors (Lipinski definition) is 0. The number of benzene rings is 1. The predicted molar refractivity (Wildman–Crippen MR) is 60.6 cm³/mol. The van der Waals surface area contributed by atoms with Gasteiger partial charge in [-0.3, -0.25) is 4.79 Å².